The normalized spacial score (nSPS) is 14.5. The van der Waals surface area contributed by atoms with Gasteiger partial charge in [0.25, 0.3) is 0 Å². The van der Waals surface area contributed by atoms with Crippen LogP contribution in [-0.4, -0.2) is 54.5 Å². The summed E-state index contributed by atoms with van der Waals surface area (Å²) in [4.78, 5) is 28.6. The van der Waals surface area contributed by atoms with Crippen LogP contribution in [0.2, 0.25) is 0 Å². The van der Waals surface area contributed by atoms with Crippen LogP contribution in [0.25, 0.3) is 0 Å². The van der Waals surface area contributed by atoms with Crippen molar-refractivity contribution in [3.8, 4) is 0 Å². The van der Waals surface area contributed by atoms with Crippen molar-refractivity contribution < 1.29 is 14.0 Å². The zero-order chi connectivity index (χ0) is 21.7. The molecule has 1 aliphatic heterocycles. The molecule has 7 heteroatoms. The van der Waals surface area contributed by atoms with Gasteiger partial charge in [-0.05, 0) is 55.2 Å². The lowest BCUT2D eigenvalue weighted by Crippen LogP contribution is -2.52. The summed E-state index contributed by atoms with van der Waals surface area (Å²) in [6, 6.07) is 10.5. The molecule has 1 fully saturated rings. The molecule has 3 rings (SSSR count). The van der Waals surface area contributed by atoms with E-state index in [1.807, 2.05) is 36.9 Å². The van der Waals surface area contributed by atoms with Crippen molar-refractivity contribution in [1.29, 1.82) is 0 Å². The highest BCUT2D eigenvalue weighted by Crippen LogP contribution is 2.18. The average molecular weight is 413 g/mol. The van der Waals surface area contributed by atoms with Gasteiger partial charge >= 0.3 is 6.03 Å². The molecule has 0 unspecified atom stereocenters. The first-order valence-electron chi connectivity index (χ1n) is 10.2. The number of hydrogen-bond donors (Lipinski definition) is 2. The molecule has 1 aliphatic rings. The van der Waals surface area contributed by atoms with E-state index in [9.17, 15) is 14.0 Å². The maximum absolute atomic E-state index is 13.3. The molecule has 0 saturated carbocycles. The van der Waals surface area contributed by atoms with Gasteiger partial charge in [0.05, 0.1) is 6.54 Å². The highest BCUT2D eigenvalue weighted by atomic mass is 19.1. The lowest BCUT2D eigenvalue weighted by Gasteiger charge is -2.34. The van der Waals surface area contributed by atoms with Gasteiger partial charge in [0, 0.05) is 38.4 Å². The van der Waals surface area contributed by atoms with Crippen molar-refractivity contribution in [2.45, 2.75) is 27.3 Å². The van der Waals surface area contributed by atoms with E-state index in [1.165, 1.54) is 6.07 Å². The molecule has 0 bridgehead atoms. The SMILES string of the molecule is Cc1cc(CNC(=O)N2CCN(CC(=O)Nc3cccc(C)c3C)CC2)ccc1F. The Balaban J connectivity index is 1.42. The summed E-state index contributed by atoms with van der Waals surface area (Å²) in [5, 5.41) is 5.86. The minimum atomic E-state index is -0.247. The minimum absolute atomic E-state index is 0.0479. The van der Waals surface area contributed by atoms with E-state index in [0.717, 1.165) is 22.4 Å². The van der Waals surface area contributed by atoms with Gasteiger partial charge in [0.15, 0.2) is 0 Å². The number of hydrogen-bond acceptors (Lipinski definition) is 3. The maximum atomic E-state index is 13.3. The molecule has 1 heterocycles. The molecule has 0 spiro atoms. The quantitative estimate of drug-likeness (QED) is 0.793. The zero-order valence-electron chi connectivity index (χ0n) is 17.8. The summed E-state index contributed by atoms with van der Waals surface area (Å²) in [5.74, 6) is -0.295. The molecule has 0 aromatic heterocycles. The number of benzene rings is 2. The van der Waals surface area contributed by atoms with E-state index in [1.54, 1.807) is 24.0 Å². The van der Waals surface area contributed by atoms with Crippen LogP contribution in [-0.2, 0) is 11.3 Å². The summed E-state index contributed by atoms with van der Waals surface area (Å²) < 4.78 is 13.3. The Morgan fingerprint density at radius 1 is 1.00 bits per heavy atom. The second kappa shape index (κ2) is 9.71. The molecule has 0 aliphatic carbocycles. The van der Waals surface area contributed by atoms with Crippen LogP contribution in [0, 0.1) is 26.6 Å². The molecule has 6 nitrogen and oxygen atoms in total. The molecule has 2 aromatic carbocycles. The van der Waals surface area contributed by atoms with Gasteiger partial charge in [-0.1, -0.05) is 24.3 Å². The number of rotatable bonds is 5. The van der Waals surface area contributed by atoms with Crippen molar-refractivity contribution in [3.05, 3.63) is 64.5 Å². The predicted molar refractivity (Wildman–Crippen MR) is 116 cm³/mol. The third-order valence-electron chi connectivity index (χ3n) is 5.57. The van der Waals surface area contributed by atoms with E-state index in [0.29, 0.717) is 44.8 Å². The highest BCUT2D eigenvalue weighted by molar-refractivity contribution is 5.93. The first kappa shape index (κ1) is 21.8. The van der Waals surface area contributed by atoms with Gasteiger partial charge in [-0.15, -0.1) is 0 Å². The van der Waals surface area contributed by atoms with Gasteiger partial charge in [0.1, 0.15) is 5.82 Å². The number of nitrogens with zero attached hydrogens (tertiary/aromatic N) is 2. The monoisotopic (exact) mass is 412 g/mol. The third kappa shape index (κ3) is 5.57. The van der Waals surface area contributed by atoms with Gasteiger partial charge < -0.3 is 15.5 Å². The second-order valence-electron chi connectivity index (χ2n) is 7.80. The topological polar surface area (TPSA) is 64.7 Å². The van der Waals surface area contributed by atoms with Crippen LogP contribution >= 0.6 is 0 Å². The zero-order valence-corrected chi connectivity index (χ0v) is 17.8. The molecular formula is C23H29FN4O2. The number of aryl methyl sites for hydroxylation is 2. The van der Waals surface area contributed by atoms with E-state index >= 15 is 0 Å². The van der Waals surface area contributed by atoms with Crippen LogP contribution in [0.15, 0.2) is 36.4 Å². The highest BCUT2D eigenvalue weighted by Gasteiger charge is 2.22. The first-order valence-corrected chi connectivity index (χ1v) is 10.2. The van der Waals surface area contributed by atoms with E-state index in [-0.39, 0.29) is 17.8 Å². The van der Waals surface area contributed by atoms with E-state index in [2.05, 4.69) is 10.6 Å². The molecule has 2 N–H and O–H groups in total. The van der Waals surface area contributed by atoms with Gasteiger partial charge in [0.2, 0.25) is 5.91 Å². The van der Waals surface area contributed by atoms with Gasteiger partial charge in [-0.3, -0.25) is 9.69 Å². The fraction of sp³-hybridized carbons (Fsp3) is 0.391. The Morgan fingerprint density at radius 2 is 1.73 bits per heavy atom. The molecule has 0 atom stereocenters. The standard InChI is InChI=1S/C23H29FN4O2/c1-16-5-4-6-21(18(16)3)26-22(29)15-27-9-11-28(12-10-27)23(30)25-14-19-7-8-20(24)17(2)13-19/h4-8,13H,9-12,14-15H2,1-3H3,(H,25,30)(H,26,29). The van der Waals surface area contributed by atoms with Crippen LogP contribution in [0.3, 0.4) is 0 Å². The van der Waals surface area contributed by atoms with Gasteiger partial charge in [-0.25, -0.2) is 9.18 Å². The summed E-state index contributed by atoms with van der Waals surface area (Å²) in [6.45, 7) is 8.79. The molecule has 0 radical (unpaired) electrons. The fourth-order valence-corrected chi connectivity index (χ4v) is 3.49. The summed E-state index contributed by atoms with van der Waals surface area (Å²) in [7, 11) is 0. The Hall–Kier alpha value is -2.93. The molecular weight excluding hydrogens is 383 g/mol. The Labute approximate surface area is 177 Å². The molecule has 1 saturated heterocycles. The lowest BCUT2D eigenvalue weighted by atomic mass is 10.1. The third-order valence-corrected chi connectivity index (χ3v) is 5.57. The number of anilines is 1. The molecule has 160 valence electrons. The largest absolute Gasteiger partial charge is 0.334 e. The number of halogens is 1. The first-order chi connectivity index (χ1) is 14.3. The minimum Gasteiger partial charge on any atom is -0.334 e. The van der Waals surface area contributed by atoms with Crippen LogP contribution < -0.4 is 10.6 Å². The number of urea groups is 1. The number of piperazine rings is 1. The lowest BCUT2D eigenvalue weighted by molar-refractivity contribution is -0.117. The van der Waals surface area contributed by atoms with Crippen molar-refractivity contribution in [1.82, 2.24) is 15.1 Å². The van der Waals surface area contributed by atoms with Crippen molar-refractivity contribution in [2.24, 2.45) is 0 Å². The molecule has 2 aromatic rings. The Morgan fingerprint density at radius 3 is 2.43 bits per heavy atom. The number of nitrogens with one attached hydrogen (secondary N) is 2. The molecule has 30 heavy (non-hydrogen) atoms. The van der Waals surface area contributed by atoms with E-state index < -0.39 is 0 Å². The number of carbonyl (C=O) groups is 2. The van der Waals surface area contributed by atoms with Crippen LogP contribution in [0.5, 0.6) is 0 Å². The van der Waals surface area contributed by atoms with Crippen molar-refractivity contribution >= 4 is 17.6 Å². The predicted octanol–water partition coefficient (Wildman–Crippen LogP) is 3.22. The Kier molecular flexibility index (Phi) is 7.05. The van der Waals surface area contributed by atoms with Crippen LogP contribution in [0.4, 0.5) is 14.9 Å². The Bertz CT molecular complexity index is 923. The smallest absolute Gasteiger partial charge is 0.317 e. The maximum Gasteiger partial charge on any atom is 0.317 e. The van der Waals surface area contributed by atoms with Crippen molar-refractivity contribution in [2.75, 3.05) is 38.0 Å². The summed E-state index contributed by atoms with van der Waals surface area (Å²) in [6.07, 6.45) is 0. The van der Waals surface area contributed by atoms with Gasteiger partial charge in [-0.2, -0.15) is 0 Å². The fourth-order valence-electron chi connectivity index (χ4n) is 3.49. The van der Waals surface area contributed by atoms with Crippen molar-refractivity contribution in [3.63, 3.8) is 0 Å². The summed E-state index contributed by atoms with van der Waals surface area (Å²) >= 11 is 0. The summed E-state index contributed by atoms with van der Waals surface area (Å²) in [5.41, 5.74) is 4.49. The molecule has 3 amide bonds. The average Bonchev–Trinajstić information content (AvgIpc) is 2.72. The van der Waals surface area contributed by atoms with E-state index in [4.69, 9.17) is 0 Å². The number of carbonyl (C=O) groups excluding carboxylic acids is 2. The second-order valence-corrected chi connectivity index (χ2v) is 7.80. The number of amides is 3. The van der Waals surface area contributed by atoms with Crippen LogP contribution in [0.1, 0.15) is 22.3 Å².